The van der Waals surface area contributed by atoms with Gasteiger partial charge in [0.15, 0.2) is 0 Å². The topological polar surface area (TPSA) is 99.3 Å². The monoisotopic (exact) mass is 276 g/mol. The van der Waals surface area contributed by atoms with Gasteiger partial charge < -0.3 is 15.4 Å². The zero-order chi connectivity index (χ0) is 14.7. The molecule has 6 nitrogen and oxygen atoms in total. The standard InChI is InChI=1S/C13H9FN2O4/c14-10-2-1-8(6-9(10)13(19)20)16-12(18)7-3-4-15-11(17)5-7/h1-6H,(H,15,17)(H,16,18)(H,19,20). The van der Waals surface area contributed by atoms with Crippen molar-refractivity contribution in [2.24, 2.45) is 0 Å². The highest BCUT2D eigenvalue weighted by Gasteiger charge is 2.13. The number of carbonyl (C=O) groups excluding carboxylic acids is 1. The second-order valence-corrected chi connectivity index (χ2v) is 3.90. The molecule has 1 aromatic carbocycles. The summed E-state index contributed by atoms with van der Waals surface area (Å²) >= 11 is 0. The molecule has 0 saturated carbocycles. The van der Waals surface area contributed by atoms with Crippen molar-refractivity contribution in [2.45, 2.75) is 0 Å². The van der Waals surface area contributed by atoms with E-state index in [2.05, 4.69) is 10.3 Å². The van der Waals surface area contributed by atoms with Crippen LogP contribution in [-0.2, 0) is 0 Å². The van der Waals surface area contributed by atoms with Crippen LogP contribution in [0.5, 0.6) is 0 Å². The van der Waals surface area contributed by atoms with Crippen molar-refractivity contribution in [1.29, 1.82) is 0 Å². The van der Waals surface area contributed by atoms with E-state index in [1.165, 1.54) is 18.3 Å². The van der Waals surface area contributed by atoms with Crippen molar-refractivity contribution in [3.8, 4) is 0 Å². The first-order chi connectivity index (χ1) is 9.47. The fourth-order valence-electron chi connectivity index (χ4n) is 1.56. The van der Waals surface area contributed by atoms with Crippen LogP contribution in [0.2, 0.25) is 0 Å². The lowest BCUT2D eigenvalue weighted by Gasteiger charge is -2.06. The summed E-state index contributed by atoms with van der Waals surface area (Å²) in [6, 6.07) is 5.65. The Morgan fingerprint density at radius 2 is 1.95 bits per heavy atom. The average molecular weight is 276 g/mol. The molecule has 1 aromatic heterocycles. The predicted molar refractivity (Wildman–Crippen MR) is 68.4 cm³/mol. The third-order valence-electron chi connectivity index (χ3n) is 2.49. The zero-order valence-electron chi connectivity index (χ0n) is 10.0. The van der Waals surface area contributed by atoms with E-state index in [1.807, 2.05) is 0 Å². The number of nitrogens with one attached hydrogen (secondary N) is 2. The highest BCUT2D eigenvalue weighted by molar-refractivity contribution is 6.04. The van der Waals surface area contributed by atoms with Crippen LogP contribution in [0.1, 0.15) is 20.7 Å². The summed E-state index contributed by atoms with van der Waals surface area (Å²) < 4.78 is 13.2. The minimum atomic E-state index is -1.44. The number of carbonyl (C=O) groups is 2. The minimum Gasteiger partial charge on any atom is -0.478 e. The molecule has 0 aliphatic rings. The number of rotatable bonds is 3. The SMILES string of the molecule is O=C(Nc1ccc(F)c(C(=O)O)c1)c1cc[nH]c(=O)c1. The molecule has 0 atom stereocenters. The first kappa shape index (κ1) is 13.5. The van der Waals surface area contributed by atoms with Gasteiger partial charge in [-0.3, -0.25) is 9.59 Å². The summed E-state index contributed by atoms with van der Waals surface area (Å²) in [5.41, 5.74) is -0.763. The van der Waals surface area contributed by atoms with Crippen LogP contribution in [-0.4, -0.2) is 22.0 Å². The molecular formula is C13H9FN2O4. The summed E-state index contributed by atoms with van der Waals surface area (Å²) in [4.78, 5) is 36.0. The summed E-state index contributed by atoms with van der Waals surface area (Å²) in [6.07, 6.45) is 1.31. The highest BCUT2D eigenvalue weighted by atomic mass is 19.1. The summed E-state index contributed by atoms with van der Waals surface area (Å²) in [7, 11) is 0. The van der Waals surface area contributed by atoms with Gasteiger partial charge in [0.25, 0.3) is 5.91 Å². The van der Waals surface area contributed by atoms with E-state index in [-0.39, 0.29) is 11.3 Å². The van der Waals surface area contributed by atoms with Gasteiger partial charge in [-0.15, -0.1) is 0 Å². The van der Waals surface area contributed by atoms with E-state index in [4.69, 9.17) is 5.11 Å². The quantitative estimate of drug-likeness (QED) is 0.790. The Balaban J connectivity index is 2.26. The second kappa shape index (κ2) is 5.35. The largest absolute Gasteiger partial charge is 0.478 e. The molecule has 20 heavy (non-hydrogen) atoms. The third kappa shape index (κ3) is 2.89. The number of aromatic nitrogens is 1. The van der Waals surface area contributed by atoms with Gasteiger partial charge in [0, 0.05) is 23.5 Å². The van der Waals surface area contributed by atoms with Gasteiger partial charge in [-0.25, -0.2) is 9.18 Å². The molecule has 102 valence electrons. The molecule has 0 radical (unpaired) electrons. The Labute approximate surface area is 111 Å². The lowest BCUT2D eigenvalue weighted by atomic mass is 10.1. The first-order valence-electron chi connectivity index (χ1n) is 5.50. The number of aromatic amines is 1. The van der Waals surface area contributed by atoms with Crippen LogP contribution >= 0.6 is 0 Å². The molecule has 0 unspecified atom stereocenters. The number of hydrogen-bond acceptors (Lipinski definition) is 3. The van der Waals surface area contributed by atoms with E-state index in [0.717, 1.165) is 18.2 Å². The molecule has 0 fully saturated rings. The van der Waals surface area contributed by atoms with Crippen LogP contribution in [0, 0.1) is 5.82 Å². The molecule has 2 rings (SSSR count). The van der Waals surface area contributed by atoms with Crippen LogP contribution < -0.4 is 10.9 Å². The van der Waals surface area contributed by atoms with Crippen LogP contribution in [0.4, 0.5) is 10.1 Å². The molecule has 7 heteroatoms. The van der Waals surface area contributed by atoms with E-state index in [0.29, 0.717) is 0 Å². The van der Waals surface area contributed by atoms with Crippen molar-refractivity contribution in [1.82, 2.24) is 4.98 Å². The molecule has 0 aliphatic carbocycles. The van der Waals surface area contributed by atoms with Crippen molar-refractivity contribution >= 4 is 17.6 Å². The van der Waals surface area contributed by atoms with E-state index < -0.39 is 28.8 Å². The Morgan fingerprint density at radius 3 is 2.60 bits per heavy atom. The zero-order valence-corrected chi connectivity index (χ0v) is 10.0. The Morgan fingerprint density at radius 1 is 1.20 bits per heavy atom. The van der Waals surface area contributed by atoms with Gasteiger partial charge >= 0.3 is 5.97 Å². The second-order valence-electron chi connectivity index (χ2n) is 3.90. The number of carboxylic acid groups (broad SMARTS) is 1. The Hall–Kier alpha value is -2.96. The predicted octanol–water partition coefficient (Wildman–Crippen LogP) is 1.46. The van der Waals surface area contributed by atoms with Gasteiger partial charge in [-0.2, -0.15) is 0 Å². The molecule has 0 saturated heterocycles. The van der Waals surface area contributed by atoms with Gasteiger partial charge in [-0.1, -0.05) is 0 Å². The number of H-pyrrole nitrogens is 1. The van der Waals surface area contributed by atoms with E-state index >= 15 is 0 Å². The number of anilines is 1. The lowest BCUT2D eigenvalue weighted by molar-refractivity contribution is 0.0691. The molecule has 2 aromatic rings. The average Bonchev–Trinajstić information content (AvgIpc) is 2.40. The lowest BCUT2D eigenvalue weighted by Crippen LogP contribution is -2.16. The van der Waals surface area contributed by atoms with Crippen LogP contribution in [0.25, 0.3) is 0 Å². The molecule has 0 aliphatic heterocycles. The summed E-state index contributed by atoms with van der Waals surface area (Å²) in [6.45, 7) is 0. The fraction of sp³-hybridized carbons (Fsp3) is 0. The smallest absolute Gasteiger partial charge is 0.338 e. The van der Waals surface area contributed by atoms with Crippen molar-refractivity contribution in [3.63, 3.8) is 0 Å². The van der Waals surface area contributed by atoms with Crippen LogP contribution in [0.15, 0.2) is 41.3 Å². The Kier molecular flexibility index (Phi) is 3.60. The minimum absolute atomic E-state index is 0.106. The first-order valence-corrected chi connectivity index (χ1v) is 5.50. The van der Waals surface area contributed by atoms with Crippen LogP contribution in [0.3, 0.4) is 0 Å². The molecule has 3 N–H and O–H groups in total. The summed E-state index contributed by atoms with van der Waals surface area (Å²) in [5.74, 6) is -2.93. The number of aromatic carboxylic acids is 1. The maximum Gasteiger partial charge on any atom is 0.338 e. The maximum absolute atomic E-state index is 13.2. The van der Waals surface area contributed by atoms with Gasteiger partial charge in [0.1, 0.15) is 5.82 Å². The van der Waals surface area contributed by atoms with Crippen molar-refractivity contribution in [3.05, 3.63) is 63.8 Å². The number of benzene rings is 1. The van der Waals surface area contributed by atoms with Crippen molar-refractivity contribution in [2.75, 3.05) is 5.32 Å². The molecular weight excluding hydrogens is 267 g/mol. The molecule has 0 spiro atoms. The summed E-state index contributed by atoms with van der Waals surface area (Å²) in [5, 5.41) is 11.2. The van der Waals surface area contributed by atoms with Gasteiger partial charge in [-0.05, 0) is 24.3 Å². The number of hydrogen-bond donors (Lipinski definition) is 3. The molecule has 1 amide bonds. The van der Waals surface area contributed by atoms with Crippen molar-refractivity contribution < 1.29 is 19.1 Å². The van der Waals surface area contributed by atoms with Gasteiger partial charge in [0.05, 0.1) is 5.56 Å². The van der Waals surface area contributed by atoms with E-state index in [9.17, 15) is 18.8 Å². The highest BCUT2D eigenvalue weighted by Crippen LogP contribution is 2.15. The number of amides is 1. The molecule has 1 heterocycles. The fourth-order valence-corrected chi connectivity index (χ4v) is 1.56. The number of halogens is 1. The Bertz CT molecular complexity index is 739. The maximum atomic E-state index is 13.2. The van der Waals surface area contributed by atoms with Gasteiger partial charge in [0.2, 0.25) is 5.56 Å². The number of pyridine rings is 1. The molecule has 0 bridgehead atoms. The normalized spacial score (nSPS) is 10.1. The van der Waals surface area contributed by atoms with E-state index in [1.54, 1.807) is 0 Å². The number of carboxylic acids is 1. The third-order valence-corrected chi connectivity index (χ3v) is 2.49.